The van der Waals surface area contributed by atoms with Crippen molar-refractivity contribution in [2.75, 3.05) is 0 Å². The molecule has 0 fully saturated rings. The van der Waals surface area contributed by atoms with Gasteiger partial charge in [-0.25, -0.2) is 0 Å². The Balaban J connectivity index is 2.65. The Morgan fingerprint density at radius 3 is 2.33 bits per heavy atom. The molecule has 2 unspecified atom stereocenters. The Labute approximate surface area is 103 Å². The van der Waals surface area contributed by atoms with Gasteiger partial charge in [-0.05, 0) is 38.1 Å². The van der Waals surface area contributed by atoms with Gasteiger partial charge in [0, 0.05) is 16.1 Å². The highest BCUT2D eigenvalue weighted by atomic mass is 79.9. The van der Waals surface area contributed by atoms with E-state index < -0.39 is 0 Å². The molecule has 1 aromatic rings. The maximum absolute atomic E-state index is 11.7. The van der Waals surface area contributed by atoms with Crippen LogP contribution in [0.4, 0.5) is 0 Å². The zero-order valence-electron chi connectivity index (χ0n) is 8.63. The lowest BCUT2D eigenvalue weighted by molar-refractivity contribution is 0.0940. The number of benzene rings is 1. The van der Waals surface area contributed by atoms with Gasteiger partial charge in [0.1, 0.15) is 0 Å². The van der Waals surface area contributed by atoms with Gasteiger partial charge in [-0.2, -0.15) is 0 Å². The summed E-state index contributed by atoms with van der Waals surface area (Å²) in [5.41, 5.74) is 0.641. The van der Waals surface area contributed by atoms with Crippen LogP contribution in [0.15, 0.2) is 28.7 Å². The molecule has 82 valence electrons. The predicted octanol–water partition coefficient (Wildman–Crippen LogP) is 3.19. The molecule has 0 spiro atoms. The highest BCUT2D eigenvalue weighted by Crippen LogP contribution is 2.11. The Kier molecular flexibility index (Phi) is 4.61. The predicted molar refractivity (Wildman–Crippen MR) is 66.4 cm³/mol. The Morgan fingerprint density at radius 1 is 1.33 bits per heavy atom. The van der Waals surface area contributed by atoms with Crippen LogP contribution in [0, 0.1) is 0 Å². The molecule has 1 amide bonds. The van der Waals surface area contributed by atoms with Crippen molar-refractivity contribution in [1.82, 2.24) is 5.32 Å². The molecule has 0 aliphatic carbocycles. The van der Waals surface area contributed by atoms with E-state index >= 15 is 0 Å². The minimum absolute atomic E-state index is 0.0391. The number of hydrogen-bond acceptors (Lipinski definition) is 1. The molecule has 1 aromatic carbocycles. The summed E-state index contributed by atoms with van der Waals surface area (Å²) in [6.45, 7) is 3.74. The van der Waals surface area contributed by atoms with Crippen LogP contribution in [0.3, 0.4) is 0 Å². The first-order valence-corrected chi connectivity index (χ1v) is 5.94. The Bertz CT molecular complexity index is 337. The lowest BCUT2D eigenvalue weighted by Gasteiger charge is -2.15. The van der Waals surface area contributed by atoms with Gasteiger partial charge < -0.3 is 5.32 Å². The van der Waals surface area contributed by atoms with E-state index in [0.29, 0.717) is 5.56 Å². The first kappa shape index (κ1) is 12.5. The summed E-state index contributed by atoms with van der Waals surface area (Å²) in [5, 5.41) is 2.75. The van der Waals surface area contributed by atoms with Gasteiger partial charge >= 0.3 is 0 Å². The number of carbonyl (C=O) groups excluding carboxylic acids is 1. The van der Waals surface area contributed by atoms with Crippen molar-refractivity contribution in [2.24, 2.45) is 0 Å². The average Bonchev–Trinajstić information content (AvgIpc) is 2.18. The van der Waals surface area contributed by atoms with Crippen molar-refractivity contribution in [2.45, 2.75) is 25.3 Å². The van der Waals surface area contributed by atoms with Crippen LogP contribution in [-0.4, -0.2) is 17.3 Å². The fraction of sp³-hybridized carbons (Fsp3) is 0.364. The van der Waals surface area contributed by atoms with Crippen LogP contribution in [0.5, 0.6) is 0 Å². The van der Waals surface area contributed by atoms with Gasteiger partial charge in [0.25, 0.3) is 5.91 Å². The highest BCUT2D eigenvalue weighted by Gasteiger charge is 2.13. The van der Waals surface area contributed by atoms with Crippen molar-refractivity contribution in [3.05, 3.63) is 34.3 Å². The molecule has 4 heteroatoms. The van der Waals surface area contributed by atoms with Crippen LogP contribution in [-0.2, 0) is 0 Å². The molecule has 0 heterocycles. The fourth-order valence-electron chi connectivity index (χ4n) is 1.01. The number of hydrogen-bond donors (Lipinski definition) is 1. The van der Waals surface area contributed by atoms with Crippen LogP contribution < -0.4 is 5.32 Å². The summed E-state index contributed by atoms with van der Waals surface area (Å²) in [7, 11) is 0. The standard InChI is InChI=1S/C11H13BrClNO/c1-7(13)8(2)14-11(15)9-3-5-10(12)6-4-9/h3-8H,1-2H3,(H,14,15). The highest BCUT2D eigenvalue weighted by molar-refractivity contribution is 9.10. The molecule has 0 saturated carbocycles. The normalized spacial score (nSPS) is 14.4. The van der Waals surface area contributed by atoms with Gasteiger partial charge in [-0.3, -0.25) is 4.79 Å². The summed E-state index contributed by atoms with van der Waals surface area (Å²) in [6.07, 6.45) is 0. The van der Waals surface area contributed by atoms with Crippen molar-refractivity contribution in [3.63, 3.8) is 0 Å². The molecule has 0 radical (unpaired) electrons. The smallest absolute Gasteiger partial charge is 0.251 e. The molecular weight excluding hydrogens is 277 g/mol. The quantitative estimate of drug-likeness (QED) is 0.851. The van der Waals surface area contributed by atoms with Crippen LogP contribution in [0.2, 0.25) is 0 Å². The van der Waals surface area contributed by atoms with Gasteiger partial charge in [0.15, 0.2) is 0 Å². The monoisotopic (exact) mass is 289 g/mol. The minimum Gasteiger partial charge on any atom is -0.348 e. The summed E-state index contributed by atoms with van der Waals surface area (Å²) < 4.78 is 0.956. The molecule has 1 N–H and O–H groups in total. The summed E-state index contributed by atoms with van der Waals surface area (Å²) in [4.78, 5) is 11.7. The number of amides is 1. The largest absolute Gasteiger partial charge is 0.348 e. The second-order valence-electron chi connectivity index (χ2n) is 3.45. The lowest BCUT2D eigenvalue weighted by atomic mass is 10.2. The van der Waals surface area contributed by atoms with Crippen LogP contribution >= 0.6 is 27.5 Å². The first-order valence-electron chi connectivity index (χ1n) is 4.71. The number of nitrogens with one attached hydrogen (secondary N) is 1. The average molecular weight is 291 g/mol. The zero-order chi connectivity index (χ0) is 11.4. The number of carbonyl (C=O) groups is 1. The molecule has 2 nitrogen and oxygen atoms in total. The summed E-state index contributed by atoms with van der Waals surface area (Å²) >= 11 is 9.18. The van der Waals surface area contributed by atoms with E-state index in [9.17, 15) is 4.79 Å². The van der Waals surface area contributed by atoms with Crippen molar-refractivity contribution >= 4 is 33.4 Å². The molecular formula is C11H13BrClNO. The van der Waals surface area contributed by atoms with E-state index in [-0.39, 0.29) is 17.3 Å². The second kappa shape index (κ2) is 5.52. The Morgan fingerprint density at radius 2 is 1.87 bits per heavy atom. The summed E-state index contributed by atoms with van der Waals surface area (Å²) in [5.74, 6) is -0.0949. The van der Waals surface area contributed by atoms with E-state index in [1.807, 2.05) is 26.0 Å². The molecule has 0 aliphatic heterocycles. The van der Waals surface area contributed by atoms with Gasteiger partial charge in [0.05, 0.1) is 5.38 Å². The first-order chi connectivity index (χ1) is 7.00. The molecule has 0 aromatic heterocycles. The third-order valence-electron chi connectivity index (χ3n) is 2.15. The van der Waals surface area contributed by atoms with Crippen molar-refractivity contribution < 1.29 is 4.79 Å². The van der Waals surface area contributed by atoms with E-state index in [2.05, 4.69) is 21.2 Å². The molecule has 15 heavy (non-hydrogen) atoms. The maximum Gasteiger partial charge on any atom is 0.251 e. The molecule has 2 atom stereocenters. The third-order valence-corrected chi connectivity index (χ3v) is 3.06. The van der Waals surface area contributed by atoms with E-state index in [1.165, 1.54) is 0 Å². The zero-order valence-corrected chi connectivity index (χ0v) is 11.0. The Hall–Kier alpha value is -0.540. The minimum atomic E-state index is -0.0949. The number of rotatable bonds is 3. The van der Waals surface area contributed by atoms with Gasteiger partial charge in [-0.15, -0.1) is 11.6 Å². The molecule has 0 saturated heterocycles. The molecule has 1 rings (SSSR count). The summed E-state index contributed by atoms with van der Waals surface area (Å²) in [6, 6.07) is 7.17. The van der Waals surface area contributed by atoms with E-state index in [0.717, 1.165) is 4.47 Å². The van der Waals surface area contributed by atoms with Gasteiger partial charge in [-0.1, -0.05) is 15.9 Å². The van der Waals surface area contributed by atoms with Crippen molar-refractivity contribution in [3.8, 4) is 0 Å². The number of alkyl halides is 1. The second-order valence-corrected chi connectivity index (χ2v) is 5.05. The van der Waals surface area contributed by atoms with Crippen molar-refractivity contribution in [1.29, 1.82) is 0 Å². The fourth-order valence-corrected chi connectivity index (χ4v) is 1.33. The SMILES string of the molecule is CC(Cl)C(C)NC(=O)c1ccc(Br)cc1. The van der Waals surface area contributed by atoms with E-state index in [1.54, 1.807) is 12.1 Å². The molecule has 0 bridgehead atoms. The topological polar surface area (TPSA) is 29.1 Å². The number of halogens is 2. The third kappa shape index (κ3) is 3.84. The maximum atomic E-state index is 11.7. The van der Waals surface area contributed by atoms with Crippen LogP contribution in [0.25, 0.3) is 0 Å². The van der Waals surface area contributed by atoms with Gasteiger partial charge in [0.2, 0.25) is 0 Å². The van der Waals surface area contributed by atoms with E-state index in [4.69, 9.17) is 11.6 Å². The molecule has 0 aliphatic rings. The lowest BCUT2D eigenvalue weighted by Crippen LogP contribution is -2.37. The van der Waals surface area contributed by atoms with Crippen LogP contribution in [0.1, 0.15) is 24.2 Å².